The van der Waals surface area contributed by atoms with E-state index in [4.69, 9.17) is 5.26 Å². The maximum absolute atomic E-state index is 13.5. The largest absolute Gasteiger partial charge is 0.302 e. The summed E-state index contributed by atoms with van der Waals surface area (Å²) < 4.78 is 13.5. The van der Waals surface area contributed by atoms with Crippen molar-refractivity contribution in [3.8, 4) is 6.07 Å². The Morgan fingerprint density at radius 2 is 2.29 bits per heavy atom. The minimum Gasteiger partial charge on any atom is -0.302 e. The van der Waals surface area contributed by atoms with Crippen LogP contribution in [0.4, 0.5) is 4.39 Å². The Labute approximate surface area is 105 Å². The number of nitrogens with zero attached hydrogens (tertiary/aromatic N) is 1. The molecular formula is C13H15FN2S. The van der Waals surface area contributed by atoms with E-state index in [-0.39, 0.29) is 5.82 Å². The van der Waals surface area contributed by atoms with Crippen molar-refractivity contribution >= 4 is 11.8 Å². The van der Waals surface area contributed by atoms with E-state index in [1.165, 1.54) is 6.07 Å². The molecule has 0 saturated heterocycles. The van der Waals surface area contributed by atoms with E-state index in [2.05, 4.69) is 11.4 Å². The van der Waals surface area contributed by atoms with Gasteiger partial charge in [-0.15, -0.1) is 11.8 Å². The van der Waals surface area contributed by atoms with Crippen molar-refractivity contribution in [3.05, 3.63) is 30.1 Å². The Balaban J connectivity index is 2.04. The average molecular weight is 250 g/mol. The lowest BCUT2D eigenvalue weighted by molar-refractivity contribution is 0.464. The molecule has 90 valence electrons. The molecule has 1 saturated carbocycles. The highest BCUT2D eigenvalue weighted by molar-refractivity contribution is 8.00. The Bertz CT molecular complexity index is 443. The second-order valence-electron chi connectivity index (χ2n) is 4.36. The van der Waals surface area contributed by atoms with Gasteiger partial charge in [-0.1, -0.05) is 12.1 Å². The maximum atomic E-state index is 13.5. The van der Waals surface area contributed by atoms with Gasteiger partial charge >= 0.3 is 0 Å². The van der Waals surface area contributed by atoms with Crippen LogP contribution in [0.2, 0.25) is 0 Å². The van der Waals surface area contributed by atoms with Crippen molar-refractivity contribution in [3.63, 3.8) is 0 Å². The van der Waals surface area contributed by atoms with Crippen LogP contribution >= 0.6 is 11.8 Å². The van der Waals surface area contributed by atoms with Gasteiger partial charge in [0.05, 0.1) is 6.07 Å². The van der Waals surface area contributed by atoms with Crippen molar-refractivity contribution in [1.82, 2.24) is 5.32 Å². The van der Waals surface area contributed by atoms with E-state index in [1.807, 2.05) is 13.1 Å². The third kappa shape index (κ3) is 2.62. The topological polar surface area (TPSA) is 35.8 Å². The van der Waals surface area contributed by atoms with Crippen LogP contribution in [0.15, 0.2) is 29.2 Å². The molecule has 1 aromatic carbocycles. The smallest absolute Gasteiger partial charge is 0.136 e. The predicted molar refractivity (Wildman–Crippen MR) is 67.3 cm³/mol. The molecule has 0 heterocycles. The molecule has 2 rings (SSSR count). The molecule has 4 heteroatoms. The fraction of sp³-hybridized carbons (Fsp3) is 0.462. The minimum atomic E-state index is -0.414. The molecule has 1 aromatic rings. The van der Waals surface area contributed by atoms with Crippen LogP contribution in [0.1, 0.15) is 19.3 Å². The Morgan fingerprint density at radius 3 is 2.88 bits per heavy atom. The zero-order chi connectivity index (χ0) is 12.3. The number of benzene rings is 1. The molecule has 17 heavy (non-hydrogen) atoms. The third-order valence-electron chi connectivity index (χ3n) is 3.29. The van der Waals surface area contributed by atoms with Crippen LogP contribution in [0.25, 0.3) is 0 Å². The third-order valence-corrected chi connectivity index (χ3v) is 4.61. The number of halogens is 1. The van der Waals surface area contributed by atoms with Gasteiger partial charge in [0.15, 0.2) is 0 Å². The van der Waals surface area contributed by atoms with E-state index in [0.29, 0.717) is 10.1 Å². The van der Waals surface area contributed by atoms with Crippen molar-refractivity contribution in [2.75, 3.05) is 7.05 Å². The molecule has 0 aromatic heterocycles. The molecule has 0 spiro atoms. The van der Waals surface area contributed by atoms with Crippen molar-refractivity contribution in [2.24, 2.45) is 0 Å². The highest BCUT2D eigenvalue weighted by atomic mass is 32.2. The normalized spacial score (nSPS) is 27.9. The lowest BCUT2D eigenvalue weighted by Crippen LogP contribution is -2.38. The lowest BCUT2D eigenvalue weighted by atomic mass is 10.0. The molecule has 0 aliphatic heterocycles. The van der Waals surface area contributed by atoms with Crippen molar-refractivity contribution in [1.29, 1.82) is 5.26 Å². The first-order valence-electron chi connectivity index (χ1n) is 5.70. The summed E-state index contributed by atoms with van der Waals surface area (Å²) in [6.07, 6.45) is 2.57. The molecule has 2 atom stereocenters. The molecule has 0 bridgehead atoms. The van der Waals surface area contributed by atoms with Crippen LogP contribution < -0.4 is 5.32 Å². The van der Waals surface area contributed by atoms with Crippen molar-refractivity contribution < 1.29 is 4.39 Å². The van der Waals surface area contributed by atoms with Gasteiger partial charge in [0.2, 0.25) is 0 Å². The van der Waals surface area contributed by atoms with Gasteiger partial charge in [-0.3, -0.25) is 0 Å². The Kier molecular flexibility index (Phi) is 3.70. The summed E-state index contributed by atoms with van der Waals surface area (Å²) in [5.74, 6) is -0.170. The highest BCUT2D eigenvalue weighted by Crippen LogP contribution is 2.40. The first-order chi connectivity index (χ1) is 8.19. The van der Waals surface area contributed by atoms with Crippen LogP contribution in [0, 0.1) is 17.1 Å². The second kappa shape index (κ2) is 5.07. The van der Waals surface area contributed by atoms with E-state index in [0.717, 1.165) is 19.3 Å². The Morgan fingerprint density at radius 1 is 1.53 bits per heavy atom. The number of hydrogen-bond donors (Lipinski definition) is 1. The fourth-order valence-electron chi connectivity index (χ4n) is 2.21. The number of nitriles is 1. The fourth-order valence-corrected chi connectivity index (χ4v) is 3.51. The summed E-state index contributed by atoms with van der Waals surface area (Å²) in [6.45, 7) is 0. The average Bonchev–Trinajstić information content (AvgIpc) is 2.76. The monoisotopic (exact) mass is 250 g/mol. The Hall–Kier alpha value is -1.05. The molecular weight excluding hydrogens is 235 g/mol. The summed E-state index contributed by atoms with van der Waals surface area (Å²) in [7, 11) is 1.82. The maximum Gasteiger partial charge on any atom is 0.136 e. The van der Waals surface area contributed by atoms with Crippen LogP contribution in [-0.2, 0) is 0 Å². The van der Waals surface area contributed by atoms with Crippen LogP contribution in [-0.4, -0.2) is 17.8 Å². The minimum absolute atomic E-state index is 0.170. The molecule has 2 nitrogen and oxygen atoms in total. The van der Waals surface area contributed by atoms with Gasteiger partial charge < -0.3 is 5.32 Å². The van der Waals surface area contributed by atoms with E-state index < -0.39 is 5.54 Å². The first kappa shape index (κ1) is 12.4. The molecule has 2 unspecified atom stereocenters. The standard InChI is InChI=1S/C13H15FN2S/c1-16-13(9-15)7-6-10(8-13)17-12-5-3-2-4-11(12)14/h2-5,10,16H,6-8H2,1H3. The van der Waals surface area contributed by atoms with Crippen LogP contribution in [0.3, 0.4) is 0 Å². The predicted octanol–water partition coefficient (Wildman–Crippen LogP) is 2.95. The second-order valence-corrected chi connectivity index (χ2v) is 5.70. The molecule has 1 fully saturated rings. The van der Waals surface area contributed by atoms with E-state index >= 15 is 0 Å². The molecule has 1 N–H and O–H groups in total. The first-order valence-corrected chi connectivity index (χ1v) is 6.58. The van der Waals surface area contributed by atoms with Gasteiger partial charge in [0, 0.05) is 10.1 Å². The van der Waals surface area contributed by atoms with Gasteiger partial charge in [0.25, 0.3) is 0 Å². The van der Waals surface area contributed by atoms with E-state index in [1.54, 1.807) is 23.9 Å². The summed E-state index contributed by atoms with van der Waals surface area (Å²) in [5, 5.41) is 12.6. The summed E-state index contributed by atoms with van der Waals surface area (Å²) >= 11 is 1.54. The van der Waals surface area contributed by atoms with Gasteiger partial charge in [-0.2, -0.15) is 5.26 Å². The number of nitrogens with one attached hydrogen (secondary N) is 1. The summed E-state index contributed by atoms with van der Waals surface area (Å²) in [5.41, 5.74) is -0.414. The van der Waals surface area contributed by atoms with Crippen molar-refractivity contribution in [2.45, 2.75) is 34.9 Å². The molecule has 0 radical (unpaired) electrons. The number of thioether (sulfide) groups is 1. The van der Waals surface area contributed by atoms with Crippen LogP contribution in [0.5, 0.6) is 0 Å². The summed E-state index contributed by atoms with van der Waals surface area (Å²) in [4.78, 5) is 0.683. The SMILES string of the molecule is CNC1(C#N)CCC(Sc2ccccc2F)C1. The zero-order valence-corrected chi connectivity index (χ0v) is 10.6. The highest BCUT2D eigenvalue weighted by Gasteiger charge is 2.38. The van der Waals surface area contributed by atoms with E-state index in [9.17, 15) is 4.39 Å². The number of hydrogen-bond acceptors (Lipinski definition) is 3. The van der Waals surface area contributed by atoms with Gasteiger partial charge in [-0.25, -0.2) is 4.39 Å². The quantitative estimate of drug-likeness (QED) is 0.896. The molecule has 1 aliphatic rings. The zero-order valence-electron chi connectivity index (χ0n) is 9.74. The van der Waals surface area contributed by atoms with Gasteiger partial charge in [0.1, 0.15) is 11.4 Å². The summed E-state index contributed by atoms with van der Waals surface area (Å²) in [6, 6.07) is 9.15. The molecule has 0 amide bonds. The van der Waals surface area contributed by atoms with Gasteiger partial charge in [-0.05, 0) is 38.4 Å². The number of rotatable bonds is 3. The lowest BCUT2D eigenvalue weighted by Gasteiger charge is -2.19. The molecule has 1 aliphatic carbocycles.